The number of nitrogens with two attached hydrogens (primary N) is 1. The molecule has 2 N–H and O–H groups in total. The van der Waals surface area contributed by atoms with Crippen LogP contribution in [0.5, 0.6) is 0 Å². The van der Waals surface area contributed by atoms with E-state index < -0.39 is 0 Å². The van der Waals surface area contributed by atoms with Gasteiger partial charge >= 0.3 is 0 Å². The monoisotopic (exact) mass is 414 g/mol. The van der Waals surface area contributed by atoms with Crippen molar-refractivity contribution in [2.75, 3.05) is 58.4 Å². The fourth-order valence-electron chi connectivity index (χ4n) is 2.62. The highest BCUT2D eigenvalue weighted by Crippen LogP contribution is 2.26. The minimum Gasteiger partial charge on any atom is -0.381 e. The lowest BCUT2D eigenvalue weighted by Gasteiger charge is -2.42. The van der Waals surface area contributed by atoms with Crippen LogP contribution in [0.15, 0.2) is 4.99 Å². The second kappa shape index (κ2) is 8.65. The molecule has 0 saturated carbocycles. The van der Waals surface area contributed by atoms with Crippen molar-refractivity contribution in [1.29, 1.82) is 0 Å². The van der Waals surface area contributed by atoms with Crippen molar-refractivity contribution < 1.29 is 4.74 Å². The van der Waals surface area contributed by atoms with Crippen molar-refractivity contribution >= 4 is 41.7 Å². The number of nitrogens with zero attached hydrogens (tertiary/aromatic N) is 3. The lowest BCUT2D eigenvalue weighted by atomic mass is 9.89. The summed E-state index contributed by atoms with van der Waals surface area (Å²) in [7, 11) is 4.27. The van der Waals surface area contributed by atoms with E-state index in [-0.39, 0.29) is 29.5 Å². The van der Waals surface area contributed by atoms with Gasteiger partial charge in [0, 0.05) is 43.3 Å². The van der Waals surface area contributed by atoms with Gasteiger partial charge in [0.1, 0.15) is 0 Å². The van der Waals surface area contributed by atoms with Crippen LogP contribution >= 0.6 is 35.7 Å². The highest BCUT2D eigenvalue weighted by molar-refractivity contribution is 14.0. The molecule has 2 aliphatic rings. The van der Waals surface area contributed by atoms with Crippen LogP contribution < -0.4 is 5.73 Å². The first kappa shape index (κ1) is 18.3. The van der Waals surface area contributed by atoms with Crippen molar-refractivity contribution in [3.63, 3.8) is 0 Å². The molecule has 5 nitrogen and oxygen atoms in total. The van der Waals surface area contributed by atoms with Crippen molar-refractivity contribution in [2.24, 2.45) is 10.7 Å². The molecular formula is C13H27IN4OS. The number of aliphatic imine (C=N–C) groups is 1. The quantitative estimate of drug-likeness (QED) is 0.426. The highest BCUT2D eigenvalue weighted by Gasteiger charge is 2.34. The number of hydrogen-bond acceptors (Lipinski definition) is 4. The number of hydrogen-bond donors (Lipinski definition) is 1. The van der Waals surface area contributed by atoms with E-state index in [1.165, 1.54) is 0 Å². The summed E-state index contributed by atoms with van der Waals surface area (Å²) in [5, 5.41) is 0. The third kappa shape index (κ3) is 4.64. The molecule has 0 bridgehead atoms. The first-order chi connectivity index (χ1) is 9.14. The first-order valence-electron chi connectivity index (χ1n) is 7.02. The second-order valence-corrected chi connectivity index (χ2v) is 6.73. The van der Waals surface area contributed by atoms with E-state index in [1.54, 1.807) is 0 Å². The SMILES string of the molecule is CN(C)C1(CN=C(N)N2CCSCC2)CCOCC1.I. The molecule has 2 fully saturated rings. The van der Waals surface area contributed by atoms with Gasteiger partial charge in [0.2, 0.25) is 0 Å². The summed E-state index contributed by atoms with van der Waals surface area (Å²) in [5.74, 6) is 3.03. The van der Waals surface area contributed by atoms with Gasteiger partial charge in [-0.3, -0.25) is 4.99 Å². The Labute approximate surface area is 143 Å². The molecule has 2 heterocycles. The van der Waals surface area contributed by atoms with Crippen LogP contribution in [0.4, 0.5) is 0 Å². The average Bonchev–Trinajstić information content (AvgIpc) is 2.46. The Morgan fingerprint density at radius 1 is 1.30 bits per heavy atom. The number of likely N-dealkylation sites (N-methyl/N-ethyl adjacent to an activating group) is 1. The van der Waals surface area contributed by atoms with Crippen LogP contribution in [0.25, 0.3) is 0 Å². The molecule has 20 heavy (non-hydrogen) atoms. The van der Waals surface area contributed by atoms with Crippen molar-refractivity contribution in [2.45, 2.75) is 18.4 Å². The van der Waals surface area contributed by atoms with Gasteiger partial charge in [0.25, 0.3) is 0 Å². The van der Waals surface area contributed by atoms with Gasteiger partial charge in [-0.2, -0.15) is 11.8 Å². The minimum absolute atomic E-state index is 0. The molecule has 2 saturated heterocycles. The molecule has 7 heteroatoms. The summed E-state index contributed by atoms with van der Waals surface area (Å²) >= 11 is 1.99. The molecule has 0 aromatic heterocycles. The number of guanidine groups is 1. The largest absolute Gasteiger partial charge is 0.381 e. The van der Waals surface area contributed by atoms with Crippen LogP contribution in [0.1, 0.15) is 12.8 Å². The molecule has 0 radical (unpaired) electrons. The summed E-state index contributed by atoms with van der Waals surface area (Å²) in [6, 6.07) is 0. The predicted octanol–water partition coefficient (Wildman–Crippen LogP) is 1.08. The van der Waals surface area contributed by atoms with E-state index in [9.17, 15) is 0 Å². The maximum absolute atomic E-state index is 6.14. The Bertz CT molecular complexity index is 315. The Morgan fingerprint density at radius 3 is 2.45 bits per heavy atom. The Balaban J connectivity index is 0.00000200. The van der Waals surface area contributed by atoms with Crippen LogP contribution in [0.2, 0.25) is 0 Å². The molecular weight excluding hydrogens is 387 g/mol. The molecule has 0 atom stereocenters. The molecule has 0 aliphatic carbocycles. The molecule has 0 aromatic carbocycles. The van der Waals surface area contributed by atoms with Gasteiger partial charge in [-0.05, 0) is 26.9 Å². The number of rotatable bonds is 3. The predicted molar refractivity (Wildman–Crippen MR) is 97.3 cm³/mol. The number of halogens is 1. The van der Waals surface area contributed by atoms with Crippen LogP contribution in [0, 0.1) is 0 Å². The fraction of sp³-hybridized carbons (Fsp3) is 0.923. The zero-order valence-electron chi connectivity index (χ0n) is 12.5. The zero-order valence-corrected chi connectivity index (χ0v) is 15.7. The topological polar surface area (TPSA) is 54.1 Å². The number of ether oxygens (including phenoxy) is 1. The highest BCUT2D eigenvalue weighted by atomic mass is 127. The Morgan fingerprint density at radius 2 is 1.90 bits per heavy atom. The zero-order chi connectivity index (χ0) is 13.7. The molecule has 2 aliphatic heterocycles. The minimum atomic E-state index is 0. The third-order valence-corrected chi connectivity index (χ3v) is 5.19. The molecule has 0 unspecified atom stereocenters. The molecule has 2 rings (SSSR count). The van der Waals surface area contributed by atoms with E-state index in [1.807, 2.05) is 11.8 Å². The van der Waals surface area contributed by atoms with Gasteiger partial charge in [-0.25, -0.2) is 0 Å². The van der Waals surface area contributed by atoms with Gasteiger partial charge < -0.3 is 20.3 Å². The van der Waals surface area contributed by atoms with Crippen molar-refractivity contribution in [3.05, 3.63) is 0 Å². The van der Waals surface area contributed by atoms with Crippen LogP contribution in [0.3, 0.4) is 0 Å². The van der Waals surface area contributed by atoms with Crippen LogP contribution in [-0.2, 0) is 4.74 Å². The molecule has 118 valence electrons. The van der Waals surface area contributed by atoms with E-state index >= 15 is 0 Å². The lowest BCUT2D eigenvalue weighted by molar-refractivity contribution is -0.00260. The van der Waals surface area contributed by atoms with Gasteiger partial charge in [-0.15, -0.1) is 24.0 Å². The van der Waals surface area contributed by atoms with Crippen molar-refractivity contribution in [1.82, 2.24) is 9.80 Å². The van der Waals surface area contributed by atoms with E-state index in [0.29, 0.717) is 5.96 Å². The maximum Gasteiger partial charge on any atom is 0.191 e. The summed E-state index contributed by atoms with van der Waals surface area (Å²) in [5.41, 5.74) is 6.26. The van der Waals surface area contributed by atoms with Crippen molar-refractivity contribution in [3.8, 4) is 0 Å². The third-order valence-electron chi connectivity index (χ3n) is 4.24. The summed E-state index contributed by atoms with van der Waals surface area (Å²) in [6.07, 6.45) is 2.07. The molecule has 0 spiro atoms. The maximum atomic E-state index is 6.14. The Hall–Kier alpha value is 0.270. The summed E-state index contributed by atoms with van der Waals surface area (Å²) in [6.45, 7) is 4.48. The average molecular weight is 414 g/mol. The van der Waals surface area contributed by atoms with E-state index in [4.69, 9.17) is 10.5 Å². The van der Waals surface area contributed by atoms with Gasteiger partial charge in [0.15, 0.2) is 5.96 Å². The number of thioether (sulfide) groups is 1. The summed E-state index contributed by atoms with van der Waals surface area (Å²) in [4.78, 5) is 9.18. The van der Waals surface area contributed by atoms with E-state index in [2.05, 4.69) is 28.9 Å². The van der Waals surface area contributed by atoms with Gasteiger partial charge in [-0.1, -0.05) is 0 Å². The standard InChI is InChI=1S/C13H26N4OS.HI/c1-16(2)13(3-7-18-8-4-13)11-15-12(14)17-5-9-19-10-6-17;/h3-11H2,1-2H3,(H2,14,15);1H. The lowest BCUT2D eigenvalue weighted by Crippen LogP contribution is -2.52. The van der Waals surface area contributed by atoms with Gasteiger partial charge in [0.05, 0.1) is 6.54 Å². The second-order valence-electron chi connectivity index (χ2n) is 5.50. The summed E-state index contributed by atoms with van der Waals surface area (Å²) < 4.78 is 5.48. The van der Waals surface area contributed by atoms with E-state index in [0.717, 1.165) is 57.2 Å². The first-order valence-corrected chi connectivity index (χ1v) is 8.17. The Kier molecular flexibility index (Phi) is 7.92. The van der Waals surface area contributed by atoms with Crippen LogP contribution in [-0.4, -0.2) is 79.7 Å². The molecule has 0 amide bonds. The fourth-order valence-corrected chi connectivity index (χ4v) is 3.52. The smallest absolute Gasteiger partial charge is 0.191 e. The normalized spacial score (nSPS) is 23.6. The molecule has 0 aromatic rings.